The van der Waals surface area contributed by atoms with Gasteiger partial charge in [0.1, 0.15) is 5.82 Å². The van der Waals surface area contributed by atoms with E-state index < -0.39 is 11.3 Å². The van der Waals surface area contributed by atoms with Crippen LogP contribution in [0.15, 0.2) is 70.4 Å². The summed E-state index contributed by atoms with van der Waals surface area (Å²) in [6.07, 6.45) is 8.05. The van der Waals surface area contributed by atoms with Gasteiger partial charge in [0.2, 0.25) is 5.89 Å². The minimum atomic E-state index is -1.12. The SMILES string of the molecule is CCn1cc(C2(c3nn(C)c(=O)o3)N[C@@H](c3ncc(-c4ccc(C)cn4)[nH]3)Cc3c2[nH]c2ccccc32)cn1. The molecule has 0 bridgehead atoms. The molecule has 5 aromatic heterocycles. The van der Waals surface area contributed by atoms with Crippen LogP contribution in [0.4, 0.5) is 0 Å². The number of para-hydroxylation sites is 1. The number of H-pyrrole nitrogens is 2. The van der Waals surface area contributed by atoms with E-state index >= 15 is 0 Å². The summed E-state index contributed by atoms with van der Waals surface area (Å²) in [5, 5.41) is 14.0. The predicted molar refractivity (Wildman–Crippen MR) is 144 cm³/mol. The number of benzene rings is 1. The van der Waals surface area contributed by atoms with Crippen molar-refractivity contribution in [2.75, 3.05) is 0 Å². The fraction of sp³-hybridized carbons (Fsp3) is 0.250. The summed E-state index contributed by atoms with van der Waals surface area (Å²) in [7, 11) is 1.58. The van der Waals surface area contributed by atoms with Crippen molar-refractivity contribution in [2.24, 2.45) is 7.05 Å². The molecule has 3 N–H and O–H groups in total. The van der Waals surface area contributed by atoms with E-state index in [-0.39, 0.29) is 11.9 Å². The van der Waals surface area contributed by atoms with Crippen LogP contribution in [0.1, 0.15) is 47.1 Å². The van der Waals surface area contributed by atoms with Crippen LogP contribution in [0, 0.1) is 6.92 Å². The number of aryl methyl sites for hydroxylation is 3. The highest BCUT2D eigenvalue weighted by Gasteiger charge is 2.51. The fourth-order valence-corrected chi connectivity index (χ4v) is 5.50. The van der Waals surface area contributed by atoms with E-state index in [0.29, 0.717) is 13.0 Å². The summed E-state index contributed by atoms with van der Waals surface area (Å²) in [4.78, 5) is 29.0. The molecule has 0 spiro atoms. The number of hydrogen-bond donors (Lipinski definition) is 3. The first kappa shape index (κ1) is 23.4. The second kappa shape index (κ2) is 8.63. The van der Waals surface area contributed by atoms with Crippen LogP contribution < -0.4 is 11.1 Å². The average molecular weight is 522 g/mol. The Morgan fingerprint density at radius 2 is 1.97 bits per heavy atom. The largest absolute Gasteiger partial charge is 0.436 e. The predicted octanol–water partition coefficient (Wildman–Crippen LogP) is 3.34. The smallest absolute Gasteiger partial charge is 0.389 e. The van der Waals surface area contributed by atoms with E-state index in [0.717, 1.165) is 50.5 Å². The van der Waals surface area contributed by atoms with Crippen molar-refractivity contribution < 1.29 is 4.42 Å². The molecule has 0 fully saturated rings. The van der Waals surface area contributed by atoms with Gasteiger partial charge >= 0.3 is 5.76 Å². The number of fused-ring (bicyclic) bond motifs is 3. The highest BCUT2D eigenvalue weighted by atomic mass is 16.4. The number of imidazole rings is 1. The third-order valence-corrected chi connectivity index (χ3v) is 7.50. The van der Waals surface area contributed by atoms with Crippen LogP contribution in [0.25, 0.3) is 22.3 Å². The lowest BCUT2D eigenvalue weighted by Crippen LogP contribution is -2.51. The molecule has 0 radical (unpaired) electrons. The van der Waals surface area contributed by atoms with Gasteiger partial charge in [0.15, 0.2) is 5.54 Å². The van der Waals surface area contributed by atoms with Gasteiger partial charge in [0.05, 0.1) is 35.5 Å². The van der Waals surface area contributed by atoms with Crippen LogP contribution in [-0.4, -0.2) is 39.5 Å². The quantitative estimate of drug-likeness (QED) is 0.317. The molecule has 1 aliphatic heterocycles. The fourth-order valence-electron chi connectivity index (χ4n) is 5.50. The van der Waals surface area contributed by atoms with Crippen LogP contribution >= 0.6 is 0 Å². The van der Waals surface area contributed by atoms with Crippen molar-refractivity contribution in [3.63, 3.8) is 0 Å². The Morgan fingerprint density at radius 1 is 1.10 bits per heavy atom. The lowest BCUT2D eigenvalue weighted by atomic mass is 9.79. The van der Waals surface area contributed by atoms with Gasteiger partial charge in [-0.2, -0.15) is 9.78 Å². The van der Waals surface area contributed by atoms with Gasteiger partial charge in [0.25, 0.3) is 0 Å². The first-order valence-corrected chi connectivity index (χ1v) is 12.9. The van der Waals surface area contributed by atoms with E-state index in [1.165, 1.54) is 4.68 Å². The molecule has 2 atom stereocenters. The molecule has 7 rings (SSSR count). The van der Waals surface area contributed by atoms with E-state index in [1.807, 2.05) is 61.3 Å². The number of nitrogens with one attached hydrogen (secondary N) is 3. The Morgan fingerprint density at radius 3 is 2.72 bits per heavy atom. The summed E-state index contributed by atoms with van der Waals surface area (Å²) in [5.74, 6) is 0.434. The molecule has 0 amide bonds. The first-order chi connectivity index (χ1) is 19.0. The molecule has 0 saturated carbocycles. The molecule has 0 saturated heterocycles. The summed E-state index contributed by atoms with van der Waals surface area (Å²) in [6, 6.07) is 11.9. The third-order valence-electron chi connectivity index (χ3n) is 7.50. The topological polar surface area (TPSA) is 135 Å². The Balaban J connectivity index is 1.46. The molecule has 6 heterocycles. The lowest BCUT2D eigenvalue weighted by Gasteiger charge is -2.38. The van der Waals surface area contributed by atoms with Crippen LogP contribution in [0.2, 0.25) is 0 Å². The molecule has 1 aliphatic rings. The zero-order chi connectivity index (χ0) is 26.7. The van der Waals surface area contributed by atoms with Gasteiger partial charge < -0.3 is 14.4 Å². The molecular formula is C28H27N9O2. The lowest BCUT2D eigenvalue weighted by molar-refractivity contribution is 0.284. The van der Waals surface area contributed by atoms with Crippen molar-refractivity contribution in [2.45, 2.75) is 38.4 Å². The van der Waals surface area contributed by atoms with E-state index in [2.05, 4.69) is 36.5 Å². The highest BCUT2D eigenvalue weighted by Crippen LogP contribution is 2.45. The first-order valence-electron chi connectivity index (χ1n) is 12.9. The van der Waals surface area contributed by atoms with Crippen LogP contribution in [0.3, 0.4) is 0 Å². The maximum absolute atomic E-state index is 12.6. The number of hydrogen-bond acceptors (Lipinski definition) is 7. The average Bonchev–Trinajstić information content (AvgIpc) is 3.75. The maximum atomic E-state index is 12.6. The van der Waals surface area contributed by atoms with E-state index in [1.54, 1.807) is 19.4 Å². The normalized spacial score (nSPS) is 19.0. The number of aromatic amines is 2. The zero-order valence-electron chi connectivity index (χ0n) is 21.8. The number of rotatable bonds is 5. The standard InChI is InChI=1S/C28H27N9O2/c1-4-37-15-17(13-31-37)28(26-35-36(3)27(38)39-26)24-19(18-7-5-6-8-20(18)32-24)11-22(34-28)25-30-14-23(33-25)21-10-9-16(2)12-29-21/h5-10,12-15,22,32,34H,4,11H2,1-3H3,(H,30,33)/t22-,28?/m1/s1. The van der Waals surface area contributed by atoms with Crippen LogP contribution in [-0.2, 0) is 25.6 Å². The van der Waals surface area contributed by atoms with E-state index in [9.17, 15) is 4.79 Å². The molecule has 11 nitrogen and oxygen atoms in total. The van der Waals surface area contributed by atoms with Crippen molar-refractivity contribution in [1.82, 2.24) is 44.8 Å². The van der Waals surface area contributed by atoms with Crippen LogP contribution in [0.5, 0.6) is 0 Å². The van der Waals surface area contributed by atoms with Crippen molar-refractivity contribution >= 4 is 10.9 Å². The molecular weight excluding hydrogens is 494 g/mol. The number of aromatic nitrogens is 8. The minimum Gasteiger partial charge on any atom is -0.389 e. The Kier molecular flexibility index (Phi) is 5.17. The molecule has 39 heavy (non-hydrogen) atoms. The summed E-state index contributed by atoms with van der Waals surface area (Å²) < 4.78 is 8.87. The summed E-state index contributed by atoms with van der Waals surface area (Å²) in [6.45, 7) is 4.73. The third kappa shape index (κ3) is 3.57. The van der Waals surface area contributed by atoms with Gasteiger partial charge in [-0.15, -0.1) is 5.10 Å². The molecule has 1 unspecified atom stereocenters. The Hall–Kier alpha value is -4.77. The van der Waals surface area contributed by atoms with Gasteiger partial charge in [-0.3, -0.25) is 15.0 Å². The van der Waals surface area contributed by atoms with Gasteiger partial charge in [0, 0.05) is 42.5 Å². The molecule has 196 valence electrons. The van der Waals surface area contributed by atoms with Crippen molar-refractivity contribution in [3.05, 3.63) is 106 Å². The molecule has 1 aromatic carbocycles. The minimum absolute atomic E-state index is 0.232. The summed E-state index contributed by atoms with van der Waals surface area (Å²) >= 11 is 0. The van der Waals surface area contributed by atoms with Crippen molar-refractivity contribution in [1.29, 1.82) is 0 Å². The molecule has 0 aliphatic carbocycles. The highest BCUT2D eigenvalue weighted by molar-refractivity contribution is 5.86. The van der Waals surface area contributed by atoms with Gasteiger partial charge in [-0.1, -0.05) is 24.3 Å². The maximum Gasteiger partial charge on any atom is 0.436 e. The number of nitrogens with zero attached hydrogens (tertiary/aromatic N) is 6. The van der Waals surface area contributed by atoms with Gasteiger partial charge in [-0.25, -0.2) is 9.78 Å². The van der Waals surface area contributed by atoms with Crippen molar-refractivity contribution in [3.8, 4) is 11.4 Å². The Bertz CT molecular complexity index is 1870. The van der Waals surface area contributed by atoms with E-state index in [4.69, 9.17) is 9.40 Å². The summed E-state index contributed by atoms with van der Waals surface area (Å²) in [5.41, 5.74) is 5.35. The monoisotopic (exact) mass is 521 g/mol. The molecule has 6 aromatic rings. The number of pyridine rings is 1. The second-order valence-electron chi connectivity index (χ2n) is 9.96. The Labute approximate surface area is 222 Å². The second-order valence-corrected chi connectivity index (χ2v) is 9.96. The molecule has 11 heteroatoms. The van der Waals surface area contributed by atoms with Gasteiger partial charge in [-0.05, 0) is 43.5 Å². The zero-order valence-corrected chi connectivity index (χ0v) is 21.8.